The quantitative estimate of drug-likeness (QED) is 0.819. The second-order valence-electron chi connectivity index (χ2n) is 7.34. The van der Waals surface area contributed by atoms with Gasteiger partial charge in [0.1, 0.15) is 5.69 Å². The van der Waals surface area contributed by atoms with E-state index in [2.05, 4.69) is 4.98 Å². The normalized spacial score (nSPS) is 21.1. The van der Waals surface area contributed by atoms with Gasteiger partial charge in [-0.1, -0.05) is 42.5 Å². The van der Waals surface area contributed by atoms with Crippen LogP contribution in [0.4, 0.5) is 0 Å². The van der Waals surface area contributed by atoms with Crippen molar-refractivity contribution in [1.29, 1.82) is 0 Å². The number of rotatable bonds is 6. The summed E-state index contributed by atoms with van der Waals surface area (Å²) in [7, 11) is 1.72. The minimum Gasteiger partial charge on any atom is -0.394 e. The van der Waals surface area contributed by atoms with Crippen molar-refractivity contribution in [3.05, 3.63) is 71.6 Å². The molecule has 3 rings (SSSR count). The number of amides is 2. The molecule has 1 aliphatic heterocycles. The van der Waals surface area contributed by atoms with Gasteiger partial charge in [0.05, 0.1) is 18.7 Å². The molecular weight excluding hydrogens is 366 g/mol. The first-order chi connectivity index (χ1) is 14.0. The first kappa shape index (κ1) is 20.7. The van der Waals surface area contributed by atoms with Crippen LogP contribution in [-0.2, 0) is 4.79 Å². The molecule has 2 heterocycles. The molecule has 0 aliphatic carbocycles. The zero-order chi connectivity index (χ0) is 21.0. The minimum absolute atomic E-state index is 0.0393. The summed E-state index contributed by atoms with van der Waals surface area (Å²) >= 11 is 0. The average molecular weight is 393 g/mol. The van der Waals surface area contributed by atoms with Gasteiger partial charge in [0, 0.05) is 32.6 Å². The Bertz CT molecular complexity index is 880. The molecule has 29 heavy (non-hydrogen) atoms. The van der Waals surface area contributed by atoms with E-state index < -0.39 is 0 Å². The molecule has 1 fully saturated rings. The molecule has 6 nitrogen and oxygen atoms in total. The number of likely N-dealkylation sites (N-methyl/N-ethyl adjacent to an activating group) is 1. The Balaban J connectivity index is 1.84. The highest BCUT2D eigenvalue weighted by molar-refractivity contribution is 5.92. The number of nitrogens with zero attached hydrogens (tertiary/aromatic N) is 3. The van der Waals surface area contributed by atoms with E-state index >= 15 is 0 Å². The number of aromatic nitrogens is 1. The maximum Gasteiger partial charge on any atom is 0.272 e. The average Bonchev–Trinajstić information content (AvgIpc) is 2.72. The third kappa shape index (κ3) is 4.22. The predicted octanol–water partition coefficient (Wildman–Crippen LogP) is 2.56. The number of aliphatic hydroxyl groups excluding tert-OH is 1. The first-order valence-electron chi connectivity index (χ1n) is 9.76. The molecule has 0 spiro atoms. The molecule has 1 saturated heterocycles. The van der Waals surface area contributed by atoms with Gasteiger partial charge < -0.3 is 14.9 Å². The lowest BCUT2D eigenvalue weighted by Gasteiger charge is -2.55. The highest BCUT2D eigenvalue weighted by Crippen LogP contribution is 2.41. The molecule has 1 aromatic carbocycles. The van der Waals surface area contributed by atoms with Crippen molar-refractivity contribution >= 4 is 17.9 Å². The summed E-state index contributed by atoms with van der Waals surface area (Å²) in [6, 6.07) is 12.9. The van der Waals surface area contributed by atoms with Crippen molar-refractivity contribution < 1.29 is 14.7 Å². The van der Waals surface area contributed by atoms with E-state index in [1.54, 1.807) is 41.2 Å². The van der Waals surface area contributed by atoms with Crippen molar-refractivity contribution in [1.82, 2.24) is 14.8 Å². The summed E-state index contributed by atoms with van der Waals surface area (Å²) in [5, 5.41) is 9.92. The van der Waals surface area contributed by atoms with Crippen LogP contribution in [0.15, 0.2) is 54.7 Å². The molecule has 152 valence electrons. The Labute approximate surface area is 171 Å². The Morgan fingerprint density at radius 1 is 1.17 bits per heavy atom. The molecule has 6 heteroatoms. The van der Waals surface area contributed by atoms with E-state index in [1.165, 1.54) is 6.92 Å². The fraction of sp³-hybridized carbons (Fsp3) is 0.348. The molecule has 2 amide bonds. The van der Waals surface area contributed by atoms with Gasteiger partial charge in [-0.05, 0) is 30.2 Å². The first-order valence-corrected chi connectivity index (χ1v) is 9.76. The monoisotopic (exact) mass is 393 g/mol. The number of aliphatic hydroxyl groups is 1. The molecule has 1 aliphatic rings. The van der Waals surface area contributed by atoms with Crippen LogP contribution >= 0.6 is 0 Å². The number of pyridine rings is 1. The van der Waals surface area contributed by atoms with Crippen molar-refractivity contribution in [2.45, 2.75) is 31.8 Å². The van der Waals surface area contributed by atoms with Gasteiger partial charge in [0.15, 0.2) is 0 Å². The van der Waals surface area contributed by atoms with E-state index in [4.69, 9.17) is 0 Å². The summed E-state index contributed by atoms with van der Waals surface area (Å²) in [6.07, 6.45) is 5.59. The third-order valence-corrected chi connectivity index (χ3v) is 5.47. The largest absolute Gasteiger partial charge is 0.394 e. The summed E-state index contributed by atoms with van der Waals surface area (Å²) in [5.41, 5.74) is 2.52. The van der Waals surface area contributed by atoms with E-state index in [-0.39, 0.29) is 36.4 Å². The van der Waals surface area contributed by atoms with E-state index in [1.807, 2.05) is 43.3 Å². The topological polar surface area (TPSA) is 73.7 Å². The van der Waals surface area contributed by atoms with Crippen LogP contribution in [0.5, 0.6) is 0 Å². The Morgan fingerprint density at radius 2 is 1.90 bits per heavy atom. The lowest BCUT2D eigenvalue weighted by Crippen LogP contribution is -2.68. The molecule has 0 saturated carbocycles. The Hall–Kier alpha value is -2.99. The molecule has 1 aromatic heterocycles. The lowest BCUT2D eigenvalue weighted by atomic mass is 9.74. The molecular formula is C23H27N3O3. The van der Waals surface area contributed by atoms with Crippen LogP contribution < -0.4 is 0 Å². The van der Waals surface area contributed by atoms with Crippen LogP contribution in [-0.4, -0.2) is 64.0 Å². The molecule has 1 N–H and O–H groups in total. The molecule has 3 atom stereocenters. The molecule has 2 aromatic rings. The zero-order valence-corrected chi connectivity index (χ0v) is 17.0. The second kappa shape index (κ2) is 9.01. The van der Waals surface area contributed by atoms with Gasteiger partial charge in [0.2, 0.25) is 5.91 Å². The SMILES string of the molecule is C/C=C/c1ccc([C@H]2[C@H](CO)N(C(C)=O)[C@H]2CN(C)C(=O)c2ccccn2)cc1. The Kier molecular flexibility index (Phi) is 6.44. The number of hydrogen-bond donors (Lipinski definition) is 1. The van der Waals surface area contributed by atoms with Gasteiger partial charge in [-0.15, -0.1) is 0 Å². The smallest absolute Gasteiger partial charge is 0.272 e. The van der Waals surface area contributed by atoms with E-state index in [9.17, 15) is 14.7 Å². The predicted molar refractivity (Wildman–Crippen MR) is 112 cm³/mol. The Morgan fingerprint density at radius 3 is 2.45 bits per heavy atom. The maximum atomic E-state index is 12.7. The summed E-state index contributed by atoms with van der Waals surface area (Å²) in [6.45, 7) is 3.72. The van der Waals surface area contributed by atoms with E-state index in [0.29, 0.717) is 12.2 Å². The fourth-order valence-electron chi connectivity index (χ4n) is 4.13. The summed E-state index contributed by atoms with van der Waals surface area (Å²) in [4.78, 5) is 32.3. The van der Waals surface area contributed by atoms with Gasteiger partial charge in [0.25, 0.3) is 5.91 Å². The van der Waals surface area contributed by atoms with Crippen molar-refractivity contribution in [3.63, 3.8) is 0 Å². The van der Waals surface area contributed by atoms with Gasteiger partial charge in [-0.2, -0.15) is 0 Å². The molecule has 0 unspecified atom stereocenters. The number of hydrogen-bond acceptors (Lipinski definition) is 4. The summed E-state index contributed by atoms with van der Waals surface area (Å²) < 4.78 is 0. The number of carbonyl (C=O) groups is 2. The van der Waals surface area contributed by atoms with Crippen molar-refractivity contribution in [3.8, 4) is 0 Å². The van der Waals surface area contributed by atoms with Gasteiger partial charge >= 0.3 is 0 Å². The van der Waals surface area contributed by atoms with Crippen LogP contribution in [0.3, 0.4) is 0 Å². The molecule has 0 bridgehead atoms. The number of likely N-dealkylation sites (tertiary alicyclic amines) is 1. The van der Waals surface area contributed by atoms with Crippen LogP contribution in [0, 0.1) is 0 Å². The van der Waals surface area contributed by atoms with Crippen molar-refractivity contribution in [2.24, 2.45) is 0 Å². The number of benzene rings is 1. The van der Waals surface area contributed by atoms with Gasteiger partial charge in [-0.3, -0.25) is 14.6 Å². The van der Waals surface area contributed by atoms with Crippen LogP contribution in [0.2, 0.25) is 0 Å². The van der Waals surface area contributed by atoms with Crippen LogP contribution in [0.25, 0.3) is 6.08 Å². The fourth-order valence-corrected chi connectivity index (χ4v) is 4.13. The molecule has 0 radical (unpaired) electrons. The lowest BCUT2D eigenvalue weighted by molar-refractivity contribution is -0.148. The number of carbonyl (C=O) groups excluding carboxylic acids is 2. The highest BCUT2D eigenvalue weighted by Gasteiger charge is 2.50. The highest BCUT2D eigenvalue weighted by atomic mass is 16.3. The summed E-state index contributed by atoms with van der Waals surface area (Å²) in [5.74, 6) is -0.333. The van der Waals surface area contributed by atoms with Crippen LogP contribution in [0.1, 0.15) is 41.4 Å². The number of allylic oxidation sites excluding steroid dienone is 1. The van der Waals surface area contributed by atoms with Gasteiger partial charge in [-0.25, -0.2) is 0 Å². The zero-order valence-electron chi connectivity index (χ0n) is 17.0. The second-order valence-corrected chi connectivity index (χ2v) is 7.34. The minimum atomic E-state index is -0.289. The van der Waals surface area contributed by atoms with Crippen molar-refractivity contribution in [2.75, 3.05) is 20.2 Å². The third-order valence-electron chi connectivity index (χ3n) is 5.47. The standard InChI is InChI=1S/C23H27N3O3/c1-4-7-17-9-11-18(12-10-17)22-20(26(16(2)28)21(22)15-27)14-25(3)23(29)19-8-5-6-13-24-19/h4-13,20-22,27H,14-15H2,1-3H3/b7-4+/t20-,21-,22+/m0/s1. The maximum absolute atomic E-state index is 12.7. The van der Waals surface area contributed by atoms with E-state index in [0.717, 1.165) is 11.1 Å².